The van der Waals surface area contributed by atoms with E-state index in [1.807, 2.05) is 6.92 Å². The van der Waals surface area contributed by atoms with E-state index in [1.54, 1.807) is 31.3 Å². The number of benzene rings is 2. The van der Waals surface area contributed by atoms with Gasteiger partial charge in [0.25, 0.3) is 5.92 Å². The van der Waals surface area contributed by atoms with Gasteiger partial charge < -0.3 is 24.4 Å². The minimum atomic E-state index is -3.20. The summed E-state index contributed by atoms with van der Waals surface area (Å²) in [6.07, 6.45) is 2.71. The first kappa shape index (κ1) is 22.2. The number of piperidine rings is 1. The minimum absolute atomic E-state index is 0.0170. The van der Waals surface area contributed by atoms with Crippen LogP contribution in [0.2, 0.25) is 0 Å². The van der Waals surface area contributed by atoms with Crippen molar-refractivity contribution in [2.75, 3.05) is 32.5 Å². The second kappa shape index (κ2) is 10.2. The first-order valence-electron chi connectivity index (χ1n) is 13.9. The molecule has 0 unspecified atom stereocenters. The number of ether oxygens (including phenoxy) is 3. The molecule has 1 aliphatic heterocycles. The highest BCUT2D eigenvalue weighted by molar-refractivity contribution is 5.97. The Bertz CT molecular complexity index is 1800. The van der Waals surface area contributed by atoms with Gasteiger partial charge in [0.2, 0.25) is 5.88 Å². The van der Waals surface area contributed by atoms with Crippen LogP contribution in [-0.4, -0.2) is 73.7 Å². The zero-order chi connectivity index (χ0) is 30.4. The van der Waals surface area contributed by atoms with Crippen molar-refractivity contribution in [3.8, 4) is 23.1 Å². The summed E-state index contributed by atoms with van der Waals surface area (Å²) in [7, 11) is -1.25. The van der Waals surface area contributed by atoms with Gasteiger partial charge in [0, 0.05) is 24.7 Å². The number of alkyl halides is 2. The number of aryl methyl sites for hydroxylation is 1. The molecule has 1 saturated heterocycles. The summed E-state index contributed by atoms with van der Waals surface area (Å²) in [6, 6.07) is 9.78. The van der Waals surface area contributed by atoms with Gasteiger partial charge in [-0.05, 0) is 49.9 Å². The van der Waals surface area contributed by atoms with E-state index in [0.717, 1.165) is 5.56 Å². The van der Waals surface area contributed by atoms with Gasteiger partial charge >= 0.3 is 0 Å². The molecule has 0 aliphatic carbocycles. The van der Waals surface area contributed by atoms with Gasteiger partial charge in [0.1, 0.15) is 30.5 Å². The molecule has 1 atom stereocenters. The number of hydrogen-bond acceptors (Lipinski definition) is 10. The summed E-state index contributed by atoms with van der Waals surface area (Å²) < 4.78 is 71.5. The molecule has 4 heterocycles. The Balaban J connectivity index is 1.34. The number of halogens is 2. The van der Waals surface area contributed by atoms with Gasteiger partial charge in [-0.25, -0.2) is 33.2 Å². The van der Waals surface area contributed by atoms with E-state index in [0.29, 0.717) is 35.0 Å². The number of nitrogens with one attached hydrogen (secondary N) is 1. The fourth-order valence-electron chi connectivity index (χ4n) is 4.63. The van der Waals surface area contributed by atoms with E-state index < -0.39 is 25.6 Å². The predicted octanol–water partition coefficient (Wildman–Crippen LogP) is 4.64. The summed E-state index contributed by atoms with van der Waals surface area (Å²) >= 11 is 0. The molecule has 206 valence electrons. The molecule has 6 rings (SSSR count). The van der Waals surface area contributed by atoms with E-state index >= 15 is 8.78 Å². The quantitative estimate of drug-likeness (QED) is 0.307. The van der Waals surface area contributed by atoms with Crippen molar-refractivity contribution in [2.45, 2.75) is 25.4 Å². The molecule has 1 N–H and O–H groups in total. The zero-order valence-electron chi connectivity index (χ0n) is 24.5. The number of aromatic nitrogens is 6. The maximum atomic E-state index is 15.0. The molecule has 0 spiro atoms. The molecule has 13 heteroatoms. The monoisotopic (exact) mass is 551 g/mol. The maximum Gasteiger partial charge on any atom is 0.296 e. The summed E-state index contributed by atoms with van der Waals surface area (Å²) in [5.41, 5.74) is 2.26. The fourth-order valence-corrected chi connectivity index (χ4v) is 4.63. The van der Waals surface area contributed by atoms with Crippen LogP contribution in [0.1, 0.15) is 16.1 Å². The Labute approximate surface area is 232 Å². The SMILES string of the molecule is [2H]C([2H])([2H])Oc1ccc2ncnc(Nc3ccc(Oc4cc5ncnn5cn4)c(C)c3)c2c1O[C@H]1CCN(C)CC1(F)F. The zero-order valence-corrected chi connectivity index (χ0v) is 21.5. The van der Waals surface area contributed by atoms with Crippen molar-refractivity contribution in [1.82, 2.24) is 34.4 Å². The highest BCUT2D eigenvalue weighted by Crippen LogP contribution is 2.42. The molecule has 0 amide bonds. The second-order valence-corrected chi connectivity index (χ2v) is 9.50. The van der Waals surface area contributed by atoms with Gasteiger partial charge in [-0.1, -0.05) is 0 Å². The van der Waals surface area contributed by atoms with Crippen LogP contribution in [0.5, 0.6) is 23.1 Å². The highest BCUT2D eigenvalue weighted by atomic mass is 19.3. The average molecular weight is 552 g/mol. The molecule has 11 nitrogen and oxygen atoms in total. The summed E-state index contributed by atoms with van der Waals surface area (Å²) in [6.45, 7) is 1.71. The number of fused-ring (bicyclic) bond motifs is 2. The first-order chi connectivity index (χ1) is 20.4. The standard InChI is InChI=1S/C27H26F2N8O3/c1-16-10-17(4-6-19(16)39-23-11-22-31-14-34-37(22)15-33-23)35-26-24-18(30-13-32-26)5-7-20(38-3)25(24)40-21-8-9-36(2)12-27(21,28)29/h4-7,10-11,13-15,21H,8-9,12H2,1-3H3,(H,30,32,35)/t21-/m0/s1/i3D3. The minimum Gasteiger partial charge on any atom is -0.493 e. The molecule has 1 aliphatic rings. The number of methoxy groups -OCH3 is 1. The van der Waals surface area contributed by atoms with Crippen LogP contribution in [-0.2, 0) is 0 Å². The van der Waals surface area contributed by atoms with Crippen LogP contribution < -0.4 is 19.5 Å². The lowest BCUT2D eigenvalue weighted by Crippen LogP contribution is -2.52. The number of likely N-dealkylation sites (tertiary alicyclic amines) is 1. The van der Waals surface area contributed by atoms with Gasteiger partial charge in [-0.3, -0.25) is 0 Å². The lowest BCUT2D eigenvalue weighted by molar-refractivity contribution is -0.135. The Morgan fingerprint density at radius 1 is 1.07 bits per heavy atom. The van der Waals surface area contributed by atoms with Crippen molar-refractivity contribution < 1.29 is 27.1 Å². The molecular formula is C27H26F2N8O3. The van der Waals surface area contributed by atoms with Crippen LogP contribution in [0.15, 0.2) is 55.4 Å². The number of anilines is 2. The average Bonchev–Trinajstić information content (AvgIpc) is 3.40. The summed E-state index contributed by atoms with van der Waals surface area (Å²) in [5.74, 6) is -2.53. The Morgan fingerprint density at radius 2 is 1.95 bits per heavy atom. The molecule has 40 heavy (non-hydrogen) atoms. The third kappa shape index (κ3) is 4.91. The number of rotatable bonds is 7. The van der Waals surface area contributed by atoms with E-state index in [1.165, 1.54) is 40.5 Å². The van der Waals surface area contributed by atoms with Gasteiger partial charge in [-0.15, -0.1) is 0 Å². The van der Waals surface area contributed by atoms with Crippen molar-refractivity contribution in [3.05, 3.63) is 60.9 Å². The van der Waals surface area contributed by atoms with Crippen LogP contribution >= 0.6 is 0 Å². The van der Waals surface area contributed by atoms with Crippen LogP contribution in [0, 0.1) is 6.92 Å². The van der Waals surface area contributed by atoms with Gasteiger partial charge in [0.05, 0.1) is 28.6 Å². The van der Waals surface area contributed by atoms with Crippen LogP contribution in [0.3, 0.4) is 0 Å². The molecule has 3 aromatic heterocycles. The molecule has 2 aromatic carbocycles. The summed E-state index contributed by atoms with van der Waals surface area (Å²) in [5, 5.41) is 7.39. The normalized spacial score (nSPS) is 18.6. The van der Waals surface area contributed by atoms with Crippen molar-refractivity contribution in [2.24, 2.45) is 0 Å². The highest BCUT2D eigenvalue weighted by Gasteiger charge is 2.46. The molecule has 0 saturated carbocycles. The third-order valence-electron chi connectivity index (χ3n) is 6.61. The molecule has 1 fully saturated rings. The van der Waals surface area contributed by atoms with Crippen molar-refractivity contribution in [1.29, 1.82) is 0 Å². The topological polar surface area (TPSA) is 112 Å². The van der Waals surface area contributed by atoms with Crippen molar-refractivity contribution >= 4 is 28.1 Å². The molecular weight excluding hydrogens is 522 g/mol. The number of hydrogen-bond donors (Lipinski definition) is 1. The maximum absolute atomic E-state index is 15.0. The van der Waals surface area contributed by atoms with E-state index in [2.05, 4.69) is 30.4 Å². The van der Waals surface area contributed by atoms with Crippen LogP contribution in [0.4, 0.5) is 20.3 Å². The lowest BCUT2D eigenvalue weighted by atomic mass is 10.0. The van der Waals surface area contributed by atoms with Crippen LogP contribution in [0.25, 0.3) is 16.6 Å². The number of nitrogens with zero attached hydrogens (tertiary/aromatic N) is 7. The lowest BCUT2D eigenvalue weighted by Gasteiger charge is -2.36. The van der Waals surface area contributed by atoms with E-state index in [4.69, 9.17) is 18.3 Å². The Hall–Kier alpha value is -4.65. The second-order valence-electron chi connectivity index (χ2n) is 9.50. The smallest absolute Gasteiger partial charge is 0.296 e. The largest absolute Gasteiger partial charge is 0.493 e. The summed E-state index contributed by atoms with van der Waals surface area (Å²) in [4.78, 5) is 18.5. The molecule has 5 aromatic rings. The molecule has 0 radical (unpaired) electrons. The van der Waals surface area contributed by atoms with Gasteiger partial charge in [-0.2, -0.15) is 5.10 Å². The molecule has 0 bridgehead atoms. The third-order valence-corrected chi connectivity index (χ3v) is 6.61. The Morgan fingerprint density at radius 3 is 2.77 bits per heavy atom. The Kier molecular flexibility index (Phi) is 5.63. The predicted molar refractivity (Wildman–Crippen MR) is 143 cm³/mol. The van der Waals surface area contributed by atoms with Crippen molar-refractivity contribution in [3.63, 3.8) is 0 Å². The van der Waals surface area contributed by atoms with Gasteiger partial charge in [0.15, 0.2) is 23.3 Å². The fraction of sp³-hybridized carbons (Fsp3) is 0.296. The first-order valence-corrected chi connectivity index (χ1v) is 12.4. The van der Waals surface area contributed by atoms with E-state index in [9.17, 15) is 0 Å². The van der Waals surface area contributed by atoms with E-state index in [-0.39, 0.29) is 29.1 Å².